The van der Waals surface area contributed by atoms with Crippen LogP contribution in [0.25, 0.3) is 0 Å². The van der Waals surface area contributed by atoms with E-state index in [1.165, 1.54) is 18.4 Å². The smallest absolute Gasteiger partial charge is 0.231 e. The van der Waals surface area contributed by atoms with Crippen molar-refractivity contribution in [3.63, 3.8) is 0 Å². The van der Waals surface area contributed by atoms with Crippen LogP contribution in [0.3, 0.4) is 0 Å². The van der Waals surface area contributed by atoms with E-state index in [1.807, 2.05) is 6.07 Å². The molecule has 0 unspecified atom stereocenters. The predicted molar refractivity (Wildman–Crippen MR) is 74.9 cm³/mol. The Morgan fingerprint density at radius 3 is 3.10 bits per heavy atom. The van der Waals surface area contributed by atoms with Crippen LogP contribution in [0.4, 0.5) is 0 Å². The van der Waals surface area contributed by atoms with E-state index < -0.39 is 0 Å². The average Bonchev–Trinajstić information content (AvgIpc) is 3.02. The molecule has 0 bridgehead atoms. The zero-order chi connectivity index (χ0) is 13.5. The molecule has 2 fully saturated rings. The Labute approximate surface area is 119 Å². The van der Waals surface area contributed by atoms with Gasteiger partial charge >= 0.3 is 0 Å². The van der Waals surface area contributed by atoms with Gasteiger partial charge in [0, 0.05) is 25.6 Å². The normalized spacial score (nSPS) is 32.4. The SMILES string of the molecule is C[C@H]1C[C@H]2CN(Cc3ccc4c(c3)OCO4)CC[C@@H]2O1. The summed E-state index contributed by atoms with van der Waals surface area (Å²) in [5.41, 5.74) is 1.31. The van der Waals surface area contributed by atoms with Gasteiger partial charge in [0.15, 0.2) is 11.5 Å². The van der Waals surface area contributed by atoms with Crippen LogP contribution in [0.5, 0.6) is 11.5 Å². The summed E-state index contributed by atoms with van der Waals surface area (Å²) in [6.07, 6.45) is 3.32. The van der Waals surface area contributed by atoms with Gasteiger partial charge in [0.1, 0.15) is 0 Å². The summed E-state index contributed by atoms with van der Waals surface area (Å²) in [6, 6.07) is 6.28. The first-order chi connectivity index (χ1) is 9.78. The van der Waals surface area contributed by atoms with Gasteiger partial charge in [0.25, 0.3) is 0 Å². The van der Waals surface area contributed by atoms with E-state index in [0.717, 1.165) is 31.1 Å². The number of fused-ring (bicyclic) bond motifs is 2. The van der Waals surface area contributed by atoms with Crippen LogP contribution in [0.2, 0.25) is 0 Å². The monoisotopic (exact) mass is 275 g/mol. The lowest BCUT2D eigenvalue weighted by atomic mass is 9.93. The van der Waals surface area contributed by atoms with E-state index in [2.05, 4.69) is 24.0 Å². The van der Waals surface area contributed by atoms with Gasteiger partial charge in [0.2, 0.25) is 6.79 Å². The van der Waals surface area contributed by atoms with Crippen molar-refractivity contribution >= 4 is 0 Å². The molecule has 1 aromatic carbocycles. The Bertz CT molecular complexity index is 504. The van der Waals surface area contributed by atoms with Gasteiger partial charge in [-0.3, -0.25) is 4.90 Å². The Kier molecular flexibility index (Phi) is 3.08. The molecule has 3 aliphatic rings. The molecule has 1 aromatic rings. The van der Waals surface area contributed by atoms with Gasteiger partial charge in [-0.15, -0.1) is 0 Å². The molecule has 3 heterocycles. The third kappa shape index (κ3) is 2.27. The van der Waals surface area contributed by atoms with Gasteiger partial charge in [-0.05, 0) is 37.5 Å². The molecule has 108 valence electrons. The fourth-order valence-corrected chi connectivity index (χ4v) is 3.71. The standard InChI is InChI=1S/C16H21NO3/c1-11-6-13-9-17(5-4-14(13)20-11)8-12-2-3-15-16(7-12)19-10-18-15/h2-3,7,11,13-14H,4-6,8-10H2,1H3/t11-,13-,14-/m0/s1. The Morgan fingerprint density at radius 1 is 1.25 bits per heavy atom. The first-order valence-corrected chi connectivity index (χ1v) is 7.54. The number of ether oxygens (including phenoxy) is 3. The highest BCUT2D eigenvalue weighted by atomic mass is 16.7. The zero-order valence-electron chi connectivity index (χ0n) is 11.9. The number of hydrogen-bond acceptors (Lipinski definition) is 4. The third-order valence-corrected chi connectivity index (χ3v) is 4.63. The van der Waals surface area contributed by atoms with Crippen LogP contribution in [-0.4, -0.2) is 37.0 Å². The number of rotatable bonds is 2. The van der Waals surface area contributed by atoms with Crippen LogP contribution in [0.1, 0.15) is 25.3 Å². The molecule has 0 radical (unpaired) electrons. The van der Waals surface area contributed by atoms with Crippen molar-refractivity contribution in [2.45, 2.75) is 38.5 Å². The van der Waals surface area contributed by atoms with E-state index >= 15 is 0 Å². The number of hydrogen-bond donors (Lipinski definition) is 0. The molecule has 4 nitrogen and oxygen atoms in total. The second-order valence-electron chi connectivity index (χ2n) is 6.19. The highest BCUT2D eigenvalue weighted by Crippen LogP contribution is 2.35. The minimum absolute atomic E-state index is 0.349. The second kappa shape index (κ2) is 4.93. The van der Waals surface area contributed by atoms with Crippen LogP contribution in [0.15, 0.2) is 18.2 Å². The minimum Gasteiger partial charge on any atom is -0.454 e. The van der Waals surface area contributed by atoms with Crippen LogP contribution in [0, 0.1) is 5.92 Å². The van der Waals surface area contributed by atoms with Crippen LogP contribution >= 0.6 is 0 Å². The van der Waals surface area contributed by atoms with Crippen molar-refractivity contribution < 1.29 is 14.2 Å². The Morgan fingerprint density at radius 2 is 2.15 bits per heavy atom. The van der Waals surface area contributed by atoms with Crippen molar-refractivity contribution in [3.8, 4) is 11.5 Å². The van der Waals surface area contributed by atoms with Gasteiger partial charge in [-0.2, -0.15) is 0 Å². The summed E-state index contributed by atoms with van der Waals surface area (Å²) in [5, 5.41) is 0. The van der Waals surface area contributed by atoms with Crippen molar-refractivity contribution in [3.05, 3.63) is 23.8 Å². The number of piperidine rings is 1. The summed E-state index contributed by atoms with van der Waals surface area (Å²) >= 11 is 0. The maximum absolute atomic E-state index is 5.96. The third-order valence-electron chi connectivity index (χ3n) is 4.63. The molecular weight excluding hydrogens is 254 g/mol. The van der Waals surface area contributed by atoms with E-state index in [-0.39, 0.29) is 0 Å². The van der Waals surface area contributed by atoms with E-state index in [1.54, 1.807) is 0 Å². The molecule has 4 rings (SSSR count). The molecule has 0 aliphatic carbocycles. The van der Waals surface area contributed by atoms with Crippen molar-refractivity contribution in [1.82, 2.24) is 4.90 Å². The second-order valence-corrected chi connectivity index (χ2v) is 6.19. The Hall–Kier alpha value is -1.26. The van der Waals surface area contributed by atoms with E-state index in [9.17, 15) is 0 Å². The maximum atomic E-state index is 5.96. The quantitative estimate of drug-likeness (QED) is 0.829. The van der Waals surface area contributed by atoms with Crippen LogP contribution in [-0.2, 0) is 11.3 Å². The Balaban J connectivity index is 1.42. The number of nitrogens with zero attached hydrogens (tertiary/aromatic N) is 1. The lowest BCUT2D eigenvalue weighted by Gasteiger charge is -2.34. The molecule has 0 N–H and O–H groups in total. The van der Waals surface area contributed by atoms with E-state index in [4.69, 9.17) is 14.2 Å². The predicted octanol–water partition coefficient (Wildman–Crippen LogP) is 2.41. The minimum atomic E-state index is 0.349. The molecule has 3 atom stereocenters. The van der Waals surface area contributed by atoms with Gasteiger partial charge in [-0.1, -0.05) is 6.07 Å². The average molecular weight is 275 g/mol. The molecule has 0 spiro atoms. The number of likely N-dealkylation sites (tertiary alicyclic amines) is 1. The molecule has 4 heteroatoms. The van der Waals surface area contributed by atoms with Gasteiger partial charge < -0.3 is 14.2 Å². The highest BCUT2D eigenvalue weighted by Gasteiger charge is 2.37. The maximum Gasteiger partial charge on any atom is 0.231 e. The number of benzene rings is 1. The van der Waals surface area contributed by atoms with Crippen LogP contribution < -0.4 is 9.47 Å². The van der Waals surface area contributed by atoms with Gasteiger partial charge in [0.05, 0.1) is 12.2 Å². The van der Waals surface area contributed by atoms with Gasteiger partial charge in [-0.25, -0.2) is 0 Å². The summed E-state index contributed by atoms with van der Waals surface area (Å²) in [5.74, 6) is 2.47. The van der Waals surface area contributed by atoms with Crippen molar-refractivity contribution in [2.75, 3.05) is 19.9 Å². The molecule has 0 aromatic heterocycles. The first-order valence-electron chi connectivity index (χ1n) is 7.54. The fourth-order valence-electron chi connectivity index (χ4n) is 3.71. The van der Waals surface area contributed by atoms with Crippen molar-refractivity contribution in [1.29, 1.82) is 0 Å². The highest BCUT2D eigenvalue weighted by molar-refractivity contribution is 5.44. The molecule has 0 saturated carbocycles. The van der Waals surface area contributed by atoms with E-state index in [0.29, 0.717) is 24.9 Å². The zero-order valence-corrected chi connectivity index (χ0v) is 11.9. The molecular formula is C16H21NO3. The molecule has 2 saturated heterocycles. The molecule has 20 heavy (non-hydrogen) atoms. The topological polar surface area (TPSA) is 30.9 Å². The summed E-state index contributed by atoms with van der Waals surface area (Å²) in [6.45, 7) is 5.82. The molecule has 0 amide bonds. The summed E-state index contributed by atoms with van der Waals surface area (Å²) in [4.78, 5) is 2.54. The van der Waals surface area contributed by atoms with Crippen molar-refractivity contribution in [2.24, 2.45) is 5.92 Å². The first kappa shape index (κ1) is 12.5. The largest absolute Gasteiger partial charge is 0.454 e. The molecule has 3 aliphatic heterocycles. The fraction of sp³-hybridized carbons (Fsp3) is 0.625. The summed E-state index contributed by atoms with van der Waals surface area (Å²) in [7, 11) is 0. The summed E-state index contributed by atoms with van der Waals surface area (Å²) < 4.78 is 16.8. The lowest BCUT2D eigenvalue weighted by molar-refractivity contribution is 0.00583. The lowest BCUT2D eigenvalue weighted by Crippen LogP contribution is -2.40.